The lowest BCUT2D eigenvalue weighted by Gasteiger charge is -2.27. The summed E-state index contributed by atoms with van der Waals surface area (Å²) >= 11 is 0. The third kappa shape index (κ3) is 2.23. The van der Waals surface area contributed by atoms with Crippen molar-refractivity contribution in [2.45, 2.75) is 40.5 Å². The van der Waals surface area contributed by atoms with Crippen LogP contribution in [-0.2, 0) is 0 Å². The molecule has 0 N–H and O–H groups in total. The van der Waals surface area contributed by atoms with Crippen molar-refractivity contribution >= 4 is 0 Å². The van der Waals surface area contributed by atoms with Gasteiger partial charge in [-0.25, -0.2) is 0 Å². The van der Waals surface area contributed by atoms with E-state index in [0.29, 0.717) is 5.41 Å². The maximum atomic E-state index is 2.35. The molecule has 0 radical (unpaired) electrons. The SMILES string of the molecule is CC(C)CC(C)(C)C1=CCC=C1. The third-order valence-electron chi connectivity index (χ3n) is 2.47. The first-order valence-corrected chi connectivity index (χ1v) is 4.89. The molecule has 0 fully saturated rings. The minimum absolute atomic E-state index is 0.376. The Hall–Kier alpha value is -0.520. The molecule has 0 aliphatic heterocycles. The van der Waals surface area contributed by atoms with Crippen LogP contribution in [0.1, 0.15) is 40.5 Å². The summed E-state index contributed by atoms with van der Waals surface area (Å²) in [5.41, 5.74) is 1.90. The maximum absolute atomic E-state index is 2.35. The first-order chi connectivity index (χ1) is 5.52. The van der Waals surface area contributed by atoms with Crippen LogP contribution in [0.3, 0.4) is 0 Å². The molecular weight excluding hydrogens is 144 g/mol. The topological polar surface area (TPSA) is 0 Å². The average molecular weight is 164 g/mol. The molecule has 0 heteroatoms. The van der Waals surface area contributed by atoms with Crippen LogP contribution in [0.4, 0.5) is 0 Å². The van der Waals surface area contributed by atoms with Crippen LogP contribution in [0.25, 0.3) is 0 Å². The molecule has 1 rings (SSSR count). The Labute approximate surface area is 76.4 Å². The van der Waals surface area contributed by atoms with Gasteiger partial charge in [-0.1, -0.05) is 45.9 Å². The monoisotopic (exact) mass is 164 g/mol. The van der Waals surface area contributed by atoms with Crippen LogP contribution < -0.4 is 0 Å². The predicted molar refractivity (Wildman–Crippen MR) is 55.1 cm³/mol. The lowest BCUT2D eigenvalue weighted by molar-refractivity contribution is 0.352. The van der Waals surface area contributed by atoms with Crippen molar-refractivity contribution in [2.24, 2.45) is 11.3 Å². The molecule has 68 valence electrons. The average Bonchev–Trinajstić information content (AvgIpc) is 2.32. The Morgan fingerprint density at radius 2 is 2.08 bits per heavy atom. The molecule has 0 spiro atoms. The summed E-state index contributed by atoms with van der Waals surface area (Å²) in [5.74, 6) is 0.787. The molecule has 1 aliphatic rings. The molecule has 0 saturated carbocycles. The Morgan fingerprint density at radius 1 is 1.42 bits per heavy atom. The minimum atomic E-state index is 0.376. The molecule has 0 heterocycles. The van der Waals surface area contributed by atoms with Gasteiger partial charge in [0.05, 0.1) is 0 Å². The molecule has 0 aromatic carbocycles. The van der Waals surface area contributed by atoms with E-state index in [2.05, 4.69) is 45.9 Å². The normalized spacial score (nSPS) is 17.2. The van der Waals surface area contributed by atoms with Crippen LogP contribution >= 0.6 is 0 Å². The first-order valence-electron chi connectivity index (χ1n) is 4.89. The molecule has 0 amide bonds. The van der Waals surface area contributed by atoms with E-state index in [-0.39, 0.29) is 0 Å². The highest BCUT2D eigenvalue weighted by Crippen LogP contribution is 2.36. The Morgan fingerprint density at radius 3 is 2.50 bits per heavy atom. The van der Waals surface area contributed by atoms with Crippen LogP contribution in [0.2, 0.25) is 0 Å². The highest BCUT2D eigenvalue weighted by molar-refractivity contribution is 5.31. The van der Waals surface area contributed by atoms with E-state index < -0.39 is 0 Å². The fraction of sp³-hybridized carbons (Fsp3) is 0.667. The number of allylic oxidation sites excluding steroid dienone is 4. The van der Waals surface area contributed by atoms with Crippen molar-refractivity contribution in [3.8, 4) is 0 Å². The van der Waals surface area contributed by atoms with Crippen LogP contribution in [0.5, 0.6) is 0 Å². The van der Waals surface area contributed by atoms with Gasteiger partial charge in [-0.3, -0.25) is 0 Å². The molecule has 0 aromatic heterocycles. The second-order valence-electron chi connectivity index (χ2n) is 4.78. The maximum Gasteiger partial charge on any atom is -0.0104 e. The van der Waals surface area contributed by atoms with Gasteiger partial charge in [-0.15, -0.1) is 0 Å². The van der Waals surface area contributed by atoms with Gasteiger partial charge in [0.25, 0.3) is 0 Å². The van der Waals surface area contributed by atoms with Crippen molar-refractivity contribution in [3.63, 3.8) is 0 Å². The Bertz CT molecular complexity index is 204. The quantitative estimate of drug-likeness (QED) is 0.592. The van der Waals surface area contributed by atoms with Crippen LogP contribution in [0.15, 0.2) is 23.8 Å². The molecule has 0 saturated heterocycles. The van der Waals surface area contributed by atoms with Gasteiger partial charge in [0.1, 0.15) is 0 Å². The van der Waals surface area contributed by atoms with E-state index in [1.165, 1.54) is 12.0 Å². The highest BCUT2D eigenvalue weighted by Gasteiger charge is 2.23. The summed E-state index contributed by atoms with van der Waals surface area (Å²) < 4.78 is 0. The van der Waals surface area contributed by atoms with E-state index in [0.717, 1.165) is 12.3 Å². The smallest absolute Gasteiger partial charge is 0.0104 e. The fourth-order valence-electron chi connectivity index (χ4n) is 2.10. The highest BCUT2D eigenvalue weighted by atomic mass is 14.3. The summed E-state index contributed by atoms with van der Waals surface area (Å²) in [6.45, 7) is 9.27. The molecular formula is C12H20. The van der Waals surface area contributed by atoms with Gasteiger partial charge in [0, 0.05) is 0 Å². The molecule has 0 atom stereocenters. The van der Waals surface area contributed by atoms with Crippen molar-refractivity contribution in [1.29, 1.82) is 0 Å². The minimum Gasteiger partial charge on any atom is -0.0804 e. The van der Waals surface area contributed by atoms with E-state index in [4.69, 9.17) is 0 Å². The molecule has 0 nitrogen and oxygen atoms in total. The molecule has 0 aromatic rings. The number of rotatable bonds is 3. The van der Waals surface area contributed by atoms with Crippen molar-refractivity contribution in [3.05, 3.63) is 23.8 Å². The second-order valence-corrected chi connectivity index (χ2v) is 4.78. The number of hydrogen-bond donors (Lipinski definition) is 0. The Balaban J connectivity index is 2.64. The fourth-order valence-corrected chi connectivity index (χ4v) is 2.10. The zero-order chi connectivity index (χ0) is 9.19. The summed E-state index contributed by atoms with van der Waals surface area (Å²) in [6, 6.07) is 0. The zero-order valence-corrected chi connectivity index (χ0v) is 8.72. The number of hydrogen-bond acceptors (Lipinski definition) is 0. The molecule has 0 unspecified atom stereocenters. The standard InChI is InChI=1S/C12H20/c1-10(2)9-12(3,4)11-7-5-6-8-11/h5,7-8,10H,6,9H2,1-4H3. The van der Waals surface area contributed by atoms with E-state index in [1.807, 2.05) is 0 Å². The second kappa shape index (κ2) is 3.47. The van der Waals surface area contributed by atoms with Crippen LogP contribution in [-0.4, -0.2) is 0 Å². The molecule has 12 heavy (non-hydrogen) atoms. The third-order valence-corrected chi connectivity index (χ3v) is 2.47. The largest absolute Gasteiger partial charge is 0.0804 e. The summed E-state index contributed by atoms with van der Waals surface area (Å²) in [5, 5.41) is 0. The van der Waals surface area contributed by atoms with E-state index in [1.54, 1.807) is 0 Å². The van der Waals surface area contributed by atoms with Gasteiger partial charge in [-0.05, 0) is 29.7 Å². The molecule has 1 aliphatic carbocycles. The van der Waals surface area contributed by atoms with Crippen LogP contribution in [0, 0.1) is 11.3 Å². The summed E-state index contributed by atoms with van der Waals surface area (Å²) in [6.07, 6.45) is 9.29. The van der Waals surface area contributed by atoms with E-state index >= 15 is 0 Å². The van der Waals surface area contributed by atoms with Crippen molar-refractivity contribution < 1.29 is 0 Å². The zero-order valence-electron chi connectivity index (χ0n) is 8.72. The van der Waals surface area contributed by atoms with Crippen molar-refractivity contribution in [1.82, 2.24) is 0 Å². The van der Waals surface area contributed by atoms with E-state index in [9.17, 15) is 0 Å². The lowest BCUT2D eigenvalue weighted by Crippen LogP contribution is -2.15. The van der Waals surface area contributed by atoms with Crippen molar-refractivity contribution in [2.75, 3.05) is 0 Å². The van der Waals surface area contributed by atoms with Gasteiger partial charge < -0.3 is 0 Å². The Kier molecular flexibility index (Phi) is 2.76. The van der Waals surface area contributed by atoms with Gasteiger partial charge in [0.2, 0.25) is 0 Å². The van der Waals surface area contributed by atoms with Gasteiger partial charge >= 0.3 is 0 Å². The molecule has 0 bridgehead atoms. The van der Waals surface area contributed by atoms with Gasteiger partial charge in [0.15, 0.2) is 0 Å². The summed E-state index contributed by atoms with van der Waals surface area (Å²) in [7, 11) is 0. The first kappa shape index (κ1) is 9.57. The van der Waals surface area contributed by atoms with Gasteiger partial charge in [-0.2, -0.15) is 0 Å². The lowest BCUT2D eigenvalue weighted by atomic mass is 9.78. The predicted octanol–water partition coefficient (Wildman–Crippen LogP) is 3.95. The summed E-state index contributed by atoms with van der Waals surface area (Å²) in [4.78, 5) is 0.